The zero-order valence-corrected chi connectivity index (χ0v) is 34.4. The Morgan fingerprint density at radius 3 is 2.17 bits per heavy atom. The Hall–Kier alpha value is -4.68. The number of aliphatic hydroxyl groups excluding tert-OH is 1. The fourth-order valence-electron chi connectivity index (χ4n) is 6.81. The van der Waals surface area contributed by atoms with Crippen LogP contribution in [0.25, 0.3) is 0 Å². The number of phosphoric ester groups is 1. The second-order valence-corrected chi connectivity index (χ2v) is 16.1. The summed E-state index contributed by atoms with van der Waals surface area (Å²) < 4.78 is 17.7. The minimum absolute atomic E-state index is 0.0833. The van der Waals surface area contributed by atoms with Gasteiger partial charge in [0.05, 0.1) is 12.7 Å². The molecule has 2 heterocycles. The number of phosphoric acid groups is 1. The molecule has 6 amide bonds. The topological polar surface area (TPSA) is 285 Å². The highest BCUT2D eigenvalue weighted by Crippen LogP contribution is 2.38. The highest BCUT2D eigenvalue weighted by Gasteiger charge is 2.37. The largest absolute Gasteiger partial charge is 0.469 e. The average Bonchev–Trinajstić information content (AvgIpc) is 3.83. The summed E-state index contributed by atoms with van der Waals surface area (Å²) >= 11 is 0. The maximum atomic E-state index is 14.0. The molecule has 3 rings (SSSR count). The van der Waals surface area contributed by atoms with Gasteiger partial charge in [-0.1, -0.05) is 57.0 Å². The summed E-state index contributed by atoms with van der Waals surface area (Å²) in [6.07, 6.45) is 7.48. The molecule has 0 unspecified atom stereocenters. The number of primary amides is 1. The molecule has 58 heavy (non-hydrogen) atoms. The van der Waals surface area contributed by atoms with Crippen LogP contribution in [-0.2, 0) is 57.2 Å². The Morgan fingerprint density at radius 1 is 0.914 bits per heavy atom. The van der Waals surface area contributed by atoms with Crippen molar-refractivity contribution in [3.05, 3.63) is 54.1 Å². The maximum absolute atomic E-state index is 14.0. The van der Waals surface area contributed by atoms with Crippen LogP contribution in [0.3, 0.4) is 0 Å². The van der Waals surface area contributed by atoms with Crippen molar-refractivity contribution in [1.82, 2.24) is 35.7 Å². The SMILES string of the molecule is CC(=O)N1CCC[C@H]1C(=O)N[C@@H](CC(C)C)C(=O)N[C@@H](Cc1nccn1CCCCCCc1ccccc1)C(=O)N[C@@H](CO)C(=O)N[C@H](C(N)=O)[C@@H](C)OP(=O)(O)O. The molecule has 20 heteroatoms. The molecule has 0 aliphatic carbocycles. The highest BCUT2D eigenvalue weighted by atomic mass is 31.2. The summed E-state index contributed by atoms with van der Waals surface area (Å²) in [5, 5.41) is 20.1. The van der Waals surface area contributed by atoms with Crippen molar-refractivity contribution in [2.75, 3.05) is 13.2 Å². The van der Waals surface area contributed by atoms with Crippen LogP contribution in [0.2, 0.25) is 0 Å². The molecule has 322 valence electrons. The molecule has 19 nitrogen and oxygen atoms in total. The summed E-state index contributed by atoms with van der Waals surface area (Å²) in [6.45, 7) is 6.13. The summed E-state index contributed by atoms with van der Waals surface area (Å²) in [7, 11) is -5.11. The molecular formula is C38H59N8O11P. The van der Waals surface area contributed by atoms with E-state index in [0.29, 0.717) is 31.8 Å². The van der Waals surface area contributed by atoms with Gasteiger partial charge in [-0.3, -0.25) is 33.3 Å². The van der Waals surface area contributed by atoms with E-state index in [-0.39, 0.29) is 24.7 Å². The number of hydrogen-bond donors (Lipinski definition) is 8. The lowest BCUT2D eigenvalue weighted by atomic mass is 10.0. The molecule has 0 saturated carbocycles. The Morgan fingerprint density at radius 2 is 1.55 bits per heavy atom. The van der Waals surface area contributed by atoms with Crippen LogP contribution in [-0.4, -0.2) is 114 Å². The van der Waals surface area contributed by atoms with Crippen LogP contribution in [0, 0.1) is 5.92 Å². The minimum atomic E-state index is -5.11. The summed E-state index contributed by atoms with van der Waals surface area (Å²) in [4.78, 5) is 103. The highest BCUT2D eigenvalue weighted by molar-refractivity contribution is 7.46. The standard InChI is InChI=1S/C38H59N8O11P/c1-24(2)21-28(42-38(53)31-16-12-19-46(31)26(4)48)35(50)41-29(22-32-40-17-20-45(32)18-11-6-5-8-13-27-14-9-7-10-15-27)36(51)43-30(23-47)37(52)44-33(34(39)49)25(3)57-58(54,55)56/h7,9-10,14-15,17,20,24-25,28-31,33,47H,5-6,8,11-13,16,18-19,21-23H2,1-4H3,(H2,39,49)(H,41,50)(H,42,53)(H,43,51)(H,44,52)(H2,54,55,56)/t25-,28+,29+,30+,31+,33+/m1/s1. The summed E-state index contributed by atoms with van der Waals surface area (Å²) in [6, 6.07) is 3.43. The summed E-state index contributed by atoms with van der Waals surface area (Å²) in [5.41, 5.74) is 6.61. The van der Waals surface area contributed by atoms with Crippen molar-refractivity contribution in [3.63, 3.8) is 0 Å². The Labute approximate surface area is 338 Å². The third-order valence-corrected chi connectivity index (χ3v) is 10.4. The second-order valence-electron chi connectivity index (χ2n) is 14.9. The van der Waals surface area contributed by atoms with Gasteiger partial charge in [-0.05, 0) is 56.9 Å². The van der Waals surface area contributed by atoms with E-state index in [9.17, 15) is 48.2 Å². The zero-order chi connectivity index (χ0) is 43.0. The fourth-order valence-corrected chi connectivity index (χ4v) is 7.37. The van der Waals surface area contributed by atoms with Gasteiger partial charge in [0.15, 0.2) is 0 Å². The number of aliphatic hydroxyl groups is 1. The van der Waals surface area contributed by atoms with Crippen molar-refractivity contribution < 1.29 is 52.7 Å². The Balaban J connectivity index is 1.80. The van der Waals surface area contributed by atoms with E-state index in [1.165, 1.54) is 17.4 Å². The van der Waals surface area contributed by atoms with E-state index in [1.54, 1.807) is 12.4 Å². The van der Waals surface area contributed by atoms with E-state index < -0.39 is 80.3 Å². The monoisotopic (exact) mass is 834 g/mol. The summed E-state index contributed by atoms with van der Waals surface area (Å²) in [5.74, 6) is -4.43. The molecule has 0 bridgehead atoms. The zero-order valence-electron chi connectivity index (χ0n) is 33.5. The number of nitrogens with two attached hydrogens (primary N) is 1. The van der Waals surface area contributed by atoms with Gasteiger partial charge in [0.1, 0.15) is 36.0 Å². The predicted octanol–water partition coefficient (Wildman–Crippen LogP) is 0.200. The molecule has 1 aromatic heterocycles. The molecule has 0 radical (unpaired) electrons. The number of rotatable bonds is 24. The third-order valence-electron chi connectivity index (χ3n) is 9.77. The van der Waals surface area contributed by atoms with Crippen molar-refractivity contribution >= 4 is 43.3 Å². The second kappa shape index (κ2) is 23.0. The van der Waals surface area contributed by atoms with E-state index in [0.717, 1.165) is 39.0 Å². The number of imidazole rings is 1. The van der Waals surface area contributed by atoms with Crippen LogP contribution in [0.4, 0.5) is 0 Å². The number of nitrogens with zero attached hydrogens (tertiary/aromatic N) is 3. The van der Waals surface area contributed by atoms with E-state index in [1.807, 2.05) is 36.6 Å². The number of carbonyl (C=O) groups is 6. The smallest absolute Gasteiger partial charge is 0.394 e. The lowest BCUT2D eigenvalue weighted by molar-refractivity contribution is -0.139. The quantitative estimate of drug-likeness (QED) is 0.0520. The molecule has 1 saturated heterocycles. The van der Waals surface area contributed by atoms with Crippen LogP contribution in [0.1, 0.15) is 84.0 Å². The molecule has 1 aliphatic rings. The Bertz CT molecular complexity index is 1740. The molecule has 2 aromatic rings. The average molecular weight is 835 g/mol. The predicted molar refractivity (Wildman–Crippen MR) is 211 cm³/mol. The number of nitrogens with one attached hydrogen (secondary N) is 4. The number of hydrogen-bond acceptors (Lipinski definition) is 10. The van der Waals surface area contributed by atoms with Gasteiger partial charge in [-0.25, -0.2) is 9.55 Å². The van der Waals surface area contributed by atoms with E-state index >= 15 is 0 Å². The first kappa shape index (κ1) is 47.7. The van der Waals surface area contributed by atoms with E-state index in [2.05, 4.69) is 42.9 Å². The molecule has 1 fully saturated rings. The van der Waals surface area contributed by atoms with Gasteiger partial charge in [-0.2, -0.15) is 0 Å². The Kier molecular flexibility index (Phi) is 19.0. The van der Waals surface area contributed by atoms with Gasteiger partial charge in [0.25, 0.3) is 0 Å². The molecule has 9 N–H and O–H groups in total. The molecule has 1 aromatic carbocycles. The van der Waals surface area contributed by atoms with Gasteiger partial charge in [-0.15, -0.1) is 0 Å². The van der Waals surface area contributed by atoms with Crippen LogP contribution in [0.15, 0.2) is 42.7 Å². The normalized spacial score (nSPS) is 16.8. The van der Waals surface area contributed by atoms with Crippen LogP contribution < -0.4 is 27.0 Å². The van der Waals surface area contributed by atoms with E-state index in [4.69, 9.17) is 5.73 Å². The maximum Gasteiger partial charge on any atom is 0.469 e. The molecule has 6 atom stereocenters. The first-order chi connectivity index (χ1) is 27.4. The van der Waals surface area contributed by atoms with Gasteiger partial charge >= 0.3 is 7.82 Å². The number of aryl methyl sites for hydroxylation is 2. The van der Waals surface area contributed by atoms with Crippen LogP contribution in [0.5, 0.6) is 0 Å². The lowest BCUT2D eigenvalue weighted by Crippen LogP contribution is -2.61. The molecular weight excluding hydrogens is 775 g/mol. The number of carbonyl (C=O) groups excluding carboxylic acids is 6. The van der Waals surface area contributed by atoms with Crippen molar-refractivity contribution in [1.29, 1.82) is 0 Å². The van der Waals surface area contributed by atoms with Gasteiger partial charge < -0.3 is 51.4 Å². The number of unbranched alkanes of at least 4 members (excludes halogenated alkanes) is 3. The van der Waals surface area contributed by atoms with Crippen molar-refractivity contribution in [3.8, 4) is 0 Å². The lowest BCUT2D eigenvalue weighted by Gasteiger charge is -2.28. The fraction of sp³-hybridized carbons (Fsp3) is 0.605. The first-order valence-corrected chi connectivity index (χ1v) is 21.1. The third kappa shape index (κ3) is 15.6. The minimum Gasteiger partial charge on any atom is -0.394 e. The van der Waals surface area contributed by atoms with Crippen molar-refractivity contribution in [2.45, 2.75) is 128 Å². The number of benzene rings is 1. The molecule has 1 aliphatic heterocycles. The van der Waals surface area contributed by atoms with Crippen molar-refractivity contribution in [2.24, 2.45) is 11.7 Å². The first-order valence-electron chi connectivity index (χ1n) is 19.6. The number of aromatic nitrogens is 2. The number of likely N-dealkylation sites (tertiary alicyclic amines) is 1. The van der Waals surface area contributed by atoms with Gasteiger partial charge in [0.2, 0.25) is 35.4 Å². The van der Waals surface area contributed by atoms with Crippen LogP contribution >= 0.6 is 7.82 Å². The number of amides is 6. The molecule has 0 spiro atoms. The van der Waals surface area contributed by atoms with Gasteiger partial charge in [0, 0.05) is 38.8 Å².